The highest BCUT2D eigenvalue weighted by atomic mass is 16.1. The molecular weight excluding hydrogens is 308 g/mol. The van der Waals surface area contributed by atoms with Gasteiger partial charge in [-0.1, -0.05) is 60.7 Å². The molecule has 0 bridgehead atoms. The summed E-state index contributed by atoms with van der Waals surface area (Å²) in [6.45, 7) is 0.743. The summed E-state index contributed by atoms with van der Waals surface area (Å²) in [4.78, 5) is 16.6. The molecule has 0 saturated carbocycles. The number of ketones is 1. The van der Waals surface area contributed by atoms with E-state index >= 15 is 0 Å². The molecule has 25 heavy (non-hydrogen) atoms. The van der Waals surface area contributed by atoms with Crippen LogP contribution >= 0.6 is 0 Å². The van der Waals surface area contributed by atoms with Crippen LogP contribution in [0.3, 0.4) is 0 Å². The number of allylic oxidation sites excluding steroid dienone is 1. The first-order valence-corrected chi connectivity index (χ1v) is 8.32. The molecular formula is C22H20N2O. The van der Waals surface area contributed by atoms with Crippen LogP contribution in [-0.2, 0) is 6.42 Å². The molecule has 0 atom stereocenters. The third-order valence-electron chi connectivity index (χ3n) is 3.90. The molecule has 3 aromatic rings. The molecule has 0 amide bonds. The highest BCUT2D eigenvalue weighted by molar-refractivity contribution is 6.08. The first-order valence-electron chi connectivity index (χ1n) is 8.32. The number of nitrogens with one attached hydrogen (secondary N) is 1. The molecule has 0 aliphatic carbocycles. The number of carbonyl (C=O) groups is 1. The van der Waals surface area contributed by atoms with Crippen molar-refractivity contribution in [1.29, 1.82) is 0 Å². The Morgan fingerprint density at radius 3 is 2.08 bits per heavy atom. The van der Waals surface area contributed by atoms with E-state index in [4.69, 9.17) is 0 Å². The predicted octanol–water partition coefficient (Wildman–Crippen LogP) is 4.14. The largest absolute Gasteiger partial charge is 0.384 e. The number of hydrogen-bond acceptors (Lipinski definition) is 3. The summed E-state index contributed by atoms with van der Waals surface area (Å²) in [7, 11) is 0. The Hall–Kier alpha value is -3.20. The molecule has 0 saturated heterocycles. The van der Waals surface area contributed by atoms with E-state index in [2.05, 4.69) is 10.3 Å². The summed E-state index contributed by atoms with van der Waals surface area (Å²) < 4.78 is 0. The quantitative estimate of drug-likeness (QED) is 0.523. The van der Waals surface area contributed by atoms with Crippen molar-refractivity contribution in [3.63, 3.8) is 0 Å². The van der Waals surface area contributed by atoms with Crippen molar-refractivity contribution in [3.05, 3.63) is 108 Å². The van der Waals surface area contributed by atoms with Crippen LogP contribution in [0.25, 0.3) is 5.70 Å². The van der Waals surface area contributed by atoms with Gasteiger partial charge in [-0.25, -0.2) is 0 Å². The molecule has 0 spiro atoms. The second-order valence-electron chi connectivity index (χ2n) is 5.69. The molecule has 3 rings (SSSR count). The van der Waals surface area contributed by atoms with Gasteiger partial charge in [-0.2, -0.15) is 0 Å². The van der Waals surface area contributed by atoms with Gasteiger partial charge < -0.3 is 5.32 Å². The molecule has 0 unspecified atom stereocenters. The topological polar surface area (TPSA) is 42.0 Å². The average molecular weight is 328 g/mol. The van der Waals surface area contributed by atoms with Gasteiger partial charge in [0, 0.05) is 36.3 Å². The molecule has 3 nitrogen and oxygen atoms in total. The van der Waals surface area contributed by atoms with E-state index < -0.39 is 0 Å². The summed E-state index contributed by atoms with van der Waals surface area (Å²) in [6.07, 6.45) is 6.13. The van der Waals surface area contributed by atoms with Crippen molar-refractivity contribution in [1.82, 2.24) is 10.3 Å². The van der Waals surface area contributed by atoms with E-state index in [1.165, 1.54) is 5.56 Å². The van der Waals surface area contributed by atoms with Gasteiger partial charge in [0.05, 0.1) is 0 Å². The standard InChI is InChI=1S/C22H20N2O/c25-22(20-9-5-2-6-10-20)17-21(19-7-3-1-4-8-19)24-16-13-18-11-14-23-15-12-18/h1-12,14-15,17,24H,13,16H2. The van der Waals surface area contributed by atoms with E-state index in [-0.39, 0.29) is 5.78 Å². The van der Waals surface area contributed by atoms with Crippen LogP contribution in [0, 0.1) is 0 Å². The molecule has 3 heteroatoms. The number of rotatable bonds is 7. The number of nitrogens with zero attached hydrogens (tertiary/aromatic N) is 1. The number of benzene rings is 2. The summed E-state index contributed by atoms with van der Waals surface area (Å²) in [5.41, 5.74) is 3.74. The van der Waals surface area contributed by atoms with E-state index in [1.54, 1.807) is 18.5 Å². The van der Waals surface area contributed by atoms with Gasteiger partial charge in [-0.15, -0.1) is 0 Å². The molecule has 124 valence electrons. The number of aromatic nitrogens is 1. The number of hydrogen-bond donors (Lipinski definition) is 1. The maximum Gasteiger partial charge on any atom is 0.187 e. The van der Waals surface area contributed by atoms with Crippen LogP contribution in [-0.4, -0.2) is 17.3 Å². The maximum absolute atomic E-state index is 12.5. The van der Waals surface area contributed by atoms with Crippen molar-refractivity contribution in [2.45, 2.75) is 6.42 Å². The fourth-order valence-electron chi connectivity index (χ4n) is 2.56. The Labute approximate surface area is 148 Å². The lowest BCUT2D eigenvalue weighted by Gasteiger charge is -2.11. The highest BCUT2D eigenvalue weighted by Gasteiger charge is 2.07. The van der Waals surface area contributed by atoms with Crippen molar-refractivity contribution in [2.24, 2.45) is 0 Å². The Balaban J connectivity index is 1.76. The highest BCUT2D eigenvalue weighted by Crippen LogP contribution is 2.13. The Morgan fingerprint density at radius 2 is 1.44 bits per heavy atom. The Bertz CT molecular complexity index is 828. The Kier molecular flexibility index (Phi) is 5.73. The first-order chi connectivity index (χ1) is 12.3. The zero-order valence-electron chi connectivity index (χ0n) is 13.9. The molecule has 0 aliphatic heterocycles. The van der Waals surface area contributed by atoms with Gasteiger partial charge in [0.15, 0.2) is 5.78 Å². The molecule has 1 N–H and O–H groups in total. The van der Waals surface area contributed by atoms with E-state index in [0.717, 1.165) is 24.2 Å². The lowest BCUT2D eigenvalue weighted by atomic mass is 10.1. The lowest BCUT2D eigenvalue weighted by Crippen LogP contribution is -2.17. The second kappa shape index (κ2) is 8.60. The fourth-order valence-corrected chi connectivity index (χ4v) is 2.56. The molecule has 2 aromatic carbocycles. The van der Waals surface area contributed by atoms with Crippen LogP contribution in [0.2, 0.25) is 0 Å². The van der Waals surface area contributed by atoms with E-state index in [9.17, 15) is 4.79 Å². The molecule has 0 fully saturated rings. The van der Waals surface area contributed by atoms with Crippen LogP contribution in [0.5, 0.6) is 0 Å². The number of pyridine rings is 1. The molecule has 0 radical (unpaired) electrons. The van der Waals surface area contributed by atoms with Crippen LogP contribution < -0.4 is 5.32 Å². The third-order valence-corrected chi connectivity index (χ3v) is 3.90. The SMILES string of the molecule is O=C(C=C(NCCc1ccncc1)c1ccccc1)c1ccccc1. The van der Waals surface area contributed by atoms with E-state index in [0.29, 0.717) is 5.56 Å². The fraction of sp³-hybridized carbons (Fsp3) is 0.0909. The zero-order chi connectivity index (χ0) is 17.3. The summed E-state index contributed by atoms with van der Waals surface area (Å²) >= 11 is 0. The Morgan fingerprint density at radius 1 is 0.840 bits per heavy atom. The van der Waals surface area contributed by atoms with Crippen molar-refractivity contribution in [2.75, 3.05) is 6.54 Å². The van der Waals surface area contributed by atoms with Crippen LogP contribution in [0.4, 0.5) is 0 Å². The second-order valence-corrected chi connectivity index (χ2v) is 5.69. The predicted molar refractivity (Wildman–Crippen MR) is 101 cm³/mol. The maximum atomic E-state index is 12.5. The first kappa shape index (κ1) is 16.7. The summed E-state index contributed by atoms with van der Waals surface area (Å²) in [5.74, 6) is -0.00383. The normalized spacial score (nSPS) is 11.1. The summed E-state index contributed by atoms with van der Waals surface area (Å²) in [6, 6.07) is 23.2. The summed E-state index contributed by atoms with van der Waals surface area (Å²) in [5, 5.41) is 3.41. The molecule has 0 aliphatic rings. The number of carbonyl (C=O) groups excluding carboxylic acids is 1. The van der Waals surface area contributed by atoms with Gasteiger partial charge in [0.1, 0.15) is 0 Å². The minimum atomic E-state index is -0.00383. The minimum Gasteiger partial charge on any atom is -0.384 e. The third kappa shape index (κ3) is 4.88. The monoisotopic (exact) mass is 328 g/mol. The van der Waals surface area contributed by atoms with Gasteiger partial charge in [-0.3, -0.25) is 9.78 Å². The van der Waals surface area contributed by atoms with Crippen LogP contribution in [0.1, 0.15) is 21.5 Å². The van der Waals surface area contributed by atoms with Crippen molar-refractivity contribution in [3.8, 4) is 0 Å². The van der Waals surface area contributed by atoms with Crippen molar-refractivity contribution < 1.29 is 4.79 Å². The van der Waals surface area contributed by atoms with Gasteiger partial charge in [-0.05, 0) is 29.7 Å². The lowest BCUT2D eigenvalue weighted by molar-refractivity contribution is 0.104. The smallest absolute Gasteiger partial charge is 0.187 e. The van der Waals surface area contributed by atoms with E-state index in [1.807, 2.05) is 72.8 Å². The minimum absolute atomic E-state index is 0.00383. The van der Waals surface area contributed by atoms with Gasteiger partial charge in [0.25, 0.3) is 0 Å². The van der Waals surface area contributed by atoms with Gasteiger partial charge in [0.2, 0.25) is 0 Å². The van der Waals surface area contributed by atoms with Crippen LogP contribution in [0.15, 0.2) is 91.3 Å². The van der Waals surface area contributed by atoms with Gasteiger partial charge >= 0.3 is 0 Å². The van der Waals surface area contributed by atoms with Crippen molar-refractivity contribution >= 4 is 11.5 Å². The average Bonchev–Trinajstić information content (AvgIpc) is 2.69. The zero-order valence-corrected chi connectivity index (χ0v) is 13.9. The molecule has 1 heterocycles. The molecule has 1 aromatic heterocycles.